The molecule has 1 aromatic carbocycles. The number of ether oxygens (including phenoxy) is 2. The van der Waals surface area contributed by atoms with Crippen molar-refractivity contribution in [3.05, 3.63) is 29.3 Å². The number of methoxy groups -OCH3 is 2. The Morgan fingerprint density at radius 1 is 1.41 bits per heavy atom. The van der Waals surface area contributed by atoms with Crippen molar-refractivity contribution in [3.63, 3.8) is 0 Å². The van der Waals surface area contributed by atoms with Crippen LogP contribution in [0.3, 0.4) is 0 Å². The van der Waals surface area contributed by atoms with Crippen molar-refractivity contribution in [2.75, 3.05) is 14.2 Å². The van der Waals surface area contributed by atoms with Crippen molar-refractivity contribution in [1.29, 1.82) is 0 Å². The fraction of sp³-hybridized carbons (Fsp3) is 0.417. The number of aliphatic carboxylic acids is 1. The van der Waals surface area contributed by atoms with E-state index in [-0.39, 0.29) is 6.42 Å². The molecule has 0 bridgehead atoms. The summed E-state index contributed by atoms with van der Waals surface area (Å²) in [7, 11) is 3.16. The number of carboxylic acid groups (broad SMARTS) is 1. The maximum absolute atomic E-state index is 10.7. The van der Waals surface area contributed by atoms with Crippen molar-refractivity contribution < 1.29 is 19.4 Å². The van der Waals surface area contributed by atoms with E-state index in [1.165, 1.54) is 0 Å². The van der Waals surface area contributed by atoms with Gasteiger partial charge in [-0.15, -0.1) is 0 Å². The van der Waals surface area contributed by atoms with Gasteiger partial charge in [0, 0.05) is 7.11 Å². The quantitative estimate of drug-likeness (QED) is 0.767. The fourth-order valence-electron chi connectivity index (χ4n) is 1.54. The van der Waals surface area contributed by atoms with Crippen LogP contribution in [0.1, 0.15) is 11.1 Å². The molecule has 0 amide bonds. The van der Waals surface area contributed by atoms with E-state index in [0.717, 1.165) is 11.1 Å². The Morgan fingerprint density at radius 3 is 2.65 bits per heavy atom. The Balaban J connectivity index is 2.93. The number of hydrogen-bond donors (Lipinski definition) is 2. The summed E-state index contributed by atoms with van der Waals surface area (Å²) >= 11 is 0. The molecule has 1 atom stereocenters. The largest absolute Gasteiger partial charge is 0.497 e. The fourth-order valence-corrected chi connectivity index (χ4v) is 1.54. The van der Waals surface area contributed by atoms with Gasteiger partial charge in [0.2, 0.25) is 0 Å². The number of benzene rings is 1. The highest BCUT2D eigenvalue weighted by atomic mass is 16.5. The van der Waals surface area contributed by atoms with Crippen LogP contribution < -0.4 is 10.5 Å². The van der Waals surface area contributed by atoms with Crippen molar-refractivity contribution in [2.24, 2.45) is 5.73 Å². The van der Waals surface area contributed by atoms with Crippen LogP contribution in [0.2, 0.25) is 0 Å². The number of carbonyl (C=O) groups is 1. The Kier molecular flexibility index (Phi) is 4.93. The molecule has 0 saturated carbocycles. The summed E-state index contributed by atoms with van der Waals surface area (Å²) in [4.78, 5) is 10.7. The summed E-state index contributed by atoms with van der Waals surface area (Å²) in [6.45, 7) is 0.402. The Bertz CT molecular complexity index is 392. The minimum atomic E-state index is -1.01. The molecular weight excluding hydrogens is 222 g/mol. The predicted octanol–water partition coefficient (Wildman–Crippen LogP) is 0.796. The van der Waals surface area contributed by atoms with E-state index in [4.69, 9.17) is 20.3 Å². The molecule has 0 aliphatic heterocycles. The van der Waals surface area contributed by atoms with Crippen LogP contribution in [0.5, 0.6) is 5.75 Å². The smallest absolute Gasteiger partial charge is 0.320 e. The second-order valence-corrected chi connectivity index (χ2v) is 3.72. The molecule has 1 rings (SSSR count). The lowest BCUT2D eigenvalue weighted by atomic mass is 10.0. The Hall–Kier alpha value is -1.59. The van der Waals surface area contributed by atoms with Crippen LogP contribution in [0.25, 0.3) is 0 Å². The Morgan fingerprint density at radius 2 is 2.12 bits per heavy atom. The lowest BCUT2D eigenvalue weighted by molar-refractivity contribution is -0.138. The highest BCUT2D eigenvalue weighted by Crippen LogP contribution is 2.19. The molecule has 0 aromatic heterocycles. The van der Waals surface area contributed by atoms with Gasteiger partial charge in [-0.1, -0.05) is 6.07 Å². The predicted molar refractivity (Wildman–Crippen MR) is 63.0 cm³/mol. The third kappa shape index (κ3) is 3.72. The van der Waals surface area contributed by atoms with Gasteiger partial charge in [0.05, 0.1) is 13.7 Å². The summed E-state index contributed by atoms with van der Waals surface area (Å²) in [5.74, 6) is -0.297. The summed E-state index contributed by atoms with van der Waals surface area (Å²) < 4.78 is 10.2. The molecule has 0 heterocycles. The van der Waals surface area contributed by atoms with Gasteiger partial charge in [-0.3, -0.25) is 4.79 Å². The zero-order valence-corrected chi connectivity index (χ0v) is 9.97. The maximum atomic E-state index is 10.7. The average molecular weight is 239 g/mol. The van der Waals surface area contributed by atoms with E-state index in [1.54, 1.807) is 20.3 Å². The summed E-state index contributed by atoms with van der Waals surface area (Å²) in [5, 5.41) is 8.78. The minimum absolute atomic E-state index is 0.276. The van der Waals surface area contributed by atoms with E-state index >= 15 is 0 Å². The molecule has 17 heavy (non-hydrogen) atoms. The van der Waals surface area contributed by atoms with Gasteiger partial charge in [0.1, 0.15) is 11.8 Å². The number of hydrogen-bond acceptors (Lipinski definition) is 4. The topological polar surface area (TPSA) is 81.8 Å². The van der Waals surface area contributed by atoms with Gasteiger partial charge >= 0.3 is 5.97 Å². The van der Waals surface area contributed by atoms with E-state index in [0.29, 0.717) is 12.4 Å². The number of rotatable bonds is 6. The molecule has 1 aromatic rings. The van der Waals surface area contributed by atoms with Crippen LogP contribution in [0, 0.1) is 0 Å². The van der Waals surface area contributed by atoms with Crippen LogP contribution >= 0.6 is 0 Å². The van der Waals surface area contributed by atoms with Gasteiger partial charge in [-0.2, -0.15) is 0 Å². The molecule has 0 aliphatic rings. The molecule has 0 aliphatic carbocycles. The Labute approximate surface area is 100 Å². The summed E-state index contributed by atoms with van der Waals surface area (Å²) in [6.07, 6.45) is 0.276. The van der Waals surface area contributed by atoms with Crippen LogP contribution in [-0.4, -0.2) is 31.3 Å². The first kappa shape index (κ1) is 13.5. The first-order valence-corrected chi connectivity index (χ1v) is 5.21. The first-order chi connectivity index (χ1) is 8.08. The zero-order valence-electron chi connectivity index (χ0n) is 9.97. The minimum Gasteiger partial charge on any atom is -0.497 e. The molecule has 0 radical (unpaired) electrons. The molecule has 0 saturated heterocycles. The molecule has 3 N–H and O–H groups in total. The van der Waals surface area contributed by atoms with Crippen molar-refractivity contribution >= 4 is 5.97 Å². The molecular formula is C12H17NO4. The van der Waals surface area contributed by atoms with Gasteiger partial charge in [0.15, 0.2) is 0 Å². The molecule has 1 unspecified atom stereocenters. The molecule has 5 nitrogen and oxygen atoms in total. The van der Waals surface area contributed by atoms with Gasteiger partial charge in [-0.25, -0.2) is 0 Å². The average Bonchev–Trinajstić information content (AvgIpc) is 2.31. The SMILES string of the molecule is COCc1cc(OC)ccc1CC(N)C(=O)O. The summed E-state index contributed by atoms with van der Waals surface area (Å²) in [5.41, 5.74) is 7.27. The van der Waals surface area contributed by atoms with Gasteiger partial charge in [0.25, 0.3) is 0 Å². The van der Waals surface area contributed by atoms with E-state index in [1.807, 2.05) is 12.1 Å². The lowest BCUT2D eigenvalue weighted by Crippen LogP contribution is -2.32. The third-order valence-corrected chi connectivity index (χ3v) is 2.47. The van der Waals surface area contributed by atoms with E-state index in [2.05, 4.69) is 0 Å². The first-order valence-electron chi connectivity index (χ1n) is 5.21. The highest BCUT2D eigenvalue weighted by Gasteiger charge is 2.14. The van der Waals surface area contributed by atoms with Gasteiger partial charge < -0.3 is 20.3 Å². The molecule has 94 valence electrons. The summed E-state index contributed by atoms with van der Waals surface area (Å²) in [6, 6.07) is 4.52. The van der Waals surface area contributed by atoms with E-state index in [9.17, 15) is 4.79 Å². The molecule has 5 heteroatoms. The van der Waals surface area contributed by atoms with Crippen LogP contribution in [-0.2, 0) is 22.6 Å². The van der Waals surface area contributed by atoms with Crippen molar-refractivity contribution in [1.82, 2.24) is 0 Å². The maximum Gasteiger partial charge on any atom is 0.320 e. The van der Waals surface area contributed by atoms with Gasteiger partial charge in [-0.05, 0) is 29.7 Å². The zero-order chi connectivity index (χ0) is 12.8. The number of nitrogens with two attached hydrogens (primary N) is 1. The standard InChI is InChI=1S/C12H17NO4/c1-16-7-9-5-10(17-2)4-3-8(9)6-11(13)12(14)15/h3-5,11H,6-7,13H2,1-2H3,(H,14,15). The third-order valence-electron chi connectivity index (χ3n) is 2.47. The normalized spacial score (nSPS) is 12.2. The van der Waals surface area contributed by atoms with Crippen molar-refractivity contribution in [3.8, 4) is 5.75 Å². The van der Waals surface area contributed by atoms with E-state index < -0.39 is 12.0 Å². The highest BCUT2D eigenvalue weighted by molar-refractivity contribution is 5.73. The monoisotopic (exact) mass is 239 g/mol. The van der Waals surface area contributed by atoms with Crippen LogP contribution in [0.4, 0.5) is 0 Å². The van der Waals surface area contributed by atoms with Crippen LogP contribution in [0.15, 0.2) is 18.2 Å². The van der Waals surface area contributed by atoms with Crippen molar-refractivity contribution in [2.45, 2.75) is 19.1 Å². The second-order valence-electron chi connectivity index (χ2n) is 3.72. The second kappa shape index (κ2) is 6.22. The number of carboxylic acids is 1. The molecule has 0 spiro atoms. The molecule has 0 fully saturated rings. The lowest BCUT2D eigenvalue weighted by Gasteiger charge is -2.13.